The van der Waals surface area contributed by atoms with E-state index in [1.54, 1.807) is 0 Å². The maximum absolute atomic E-state index is 5.35. The molecule has 0 aliphatic carbocycles. The molecule has 1 saturated heterocycles. The van der Waals surface area contributed by atoms with Crippen LogP contribution in [0.2, 0.25) is 0 Å². The topological polar surface area (TPSA) is 68.2 Å². The maximum Gasteiger partial charge on any atom is 0.139 e. The number of aromatic nitrogens is 3. The summed E-state index contributed by atoms with van der Waals surface area (Å²) in [5, 5.41) is 12.1. The molecule has 0 spiro atoms. The first-order valence-electron chi connectivity index (χ1n) is 7.61. The number of rotatable bonds is 3. The molecule has 3 heterocycles. The van der Waals surface area contributed by atoms with Gasteiger partial charge in [0.15, 0.2) is 0 Å². The number of hydrogen-bond donors (Lipinski definition) is 0. The van der Waals surface area contributed by atoms with Gasteiger partial charge in [-0.05, 0) is 55.2 Å². The largest absolute Gasteiger partial charge is 0.361 e. The molecular formula is C16H18N4O2. The van der Waals surface area contributed by atoms with E-state index in [1.807, 2.05) is 26.0 Å². The molecule has 6 heteroatoms. The number of likely N-dealkylation sites (tertiary alicyclic amines) is 1. The smallest absolute Gasteiger partial charge is 0.139 e. The molecule has 1 fully saturated rings. The summed E-state index contributed by atoms with van der Waals surface area (Å²) in [6, 6.07) is 6.38. The second-order valence-electron chi connectivity index (χ2n) is 5.92. The number of fused-ring (bicyclic) bond motifs is 1. The molecule has 0 amide bonds. The number of benzene rings is 1. The van der Waals surface area contributed by atoms with E-state index < -0.39 is 0 Å². The Bertz CT molecular complexity index is 788. The van der Waals surface area contributed by atoms with Gasteiger partial charge in [0.25, 0.3) is 0 Å². The van der Waals surface area contributed by atoms with Crippen molar-refractivity contribution in [1.29, 1.82) is 0 Å². The molecule has 1 aliphatic heterocycles. The highest BCUT2D eigenvalue weighted by Gasteiger charge is 2.31. The first-order valence-corrected chi connectivity index (χ1v) is 7.61. The van der Waals surface area contributed by atoms with Gasteiger partial charge in [-0.1, -0.05) is 17.3 Å². The first kappa shape index (κ1) is 13.5. The average Bonchev–Trinajstić information content (AvgIpc) is 3.21. The van der Waals surface area contributed by atoms with Gasteiger partial charge in [-0.15, -0.1) is 0 Å². The minimum atomic E-state index is 0.362. The molecule has 1 aliphatic rings. The predicted octanol–water partition coefficient (Wildman–Crippen LogP) is 3.16. The molecule has 4 rings (SSSR count). The lowest BCUT2D eigenvalue weighted by atomic mass is 10.0. The molecule has 0 saturated carbocycles. The second kappa shape index (κ2) is 5.21. The standard InChI is InChI=1S/C16H18N4O2/c1-10-15(11(2)21-17-10)14-7-4-8-20(14)9-12-5-3-6-13-16(12)19-22-18-13/h3,5-6,14H,4,7-9H2,1-2H3. The van der Waals surface area contributed by atoms with Gasteiger partial charge in [0.2, 0.25) is 0 Å². The van der Waals surface area contributed by atoms with Crippen molar-refractivity contribution in [1.82, 2.24) is 20.4 Å². The summed E-state index contributed by atoms with van der Waals surface area (Å²) >= 11 is 0. The zero-order valence-electron chi connectivity index (χ0n) is 12.7. The molecule has 114 valence electrons. The summed E-state index contributed by atoms with van der Waals surface area (Å²) in [6.45, 7) is 5.91. The molecule has 1 unspecified atom stereocenters. The third-order valence-corrected chi connectivity index (χ3v) is 4.53. The summed E-state index contributed by atoms with van der Waals surface area (Å²) in [5.74, 6) is 0.927. The molecule has 2 aromatic heterocycles. The van der Waals surface area contributed by atoms with E-state index in [0.717, 1.165) is 47.6 Å². The highest BCUT2D eigenvalue weighted by atomic mass is 16.6. The zero-order chi connectivity index (χ0) is 15.1. The minimum Gasteiger partial charge on any atom is -0.361 e. The van der Waals surface area contributed by atoms with Crippen molar-refractivity contribution in [3.05, 3.63) is 40.8 Å². The molecule has 0 radical (unpaired) electrons. The van der Waals surface area contributed by atoms with Gasteiger partial charge in [0.05, 0.1) is 5.69 Å². The molecule has 1 atom stereocenters. The Hall–Kier alpha value is -2.21. The van der Waals surface area contributed by atoms with Crippen LogP contribution in [0.3, 0.4) is 0 Å². The van der Waals surface area contributed by atoms with E-state index in [1.165, 1.54) is 12.0 Å². The predicted molar refractivity (Wildman–Crippen MR) is 80.2 cm³/mol. The van der Waals surface area contributed by atoms with Crippen LogP contribution in [0.4, 0.5) is 0 Å². The molecule has 3 aromatic rings. The van der Waals surface area contributed by atoms with Crippen molar-refractivity contribution in [2.24, 2.45) is 0 Å². The first-order chi connectivity index (χ1) is 10.7. The fourth-order valence-electron chi connectivity index (χ4n) is 3.52. The summed E-state index contributed by atoms with van der Waals surface area (Å²) in [5.41, 5.74) is 5.05. The van der Waals surface area contributed by atoms with E-state index in [2.05, 4.69) is 26.4 Å². The van der Waals surface area contributed by atoms with Crippen LogP contribution in [0.25, 0.3) is 11.0 Å². The third-order valence-electron chi connectivity index (χ3n) is 4.53. The van der Waals surface area contributed by atoms with Crippen LogP contribution in [-0.4, -0.2) is 26.9 Å². The van der Waals surface area contributed by atoms with Crippen LogP contribution in [0.5, 0.6) is 0 Å². The Labute approximate surface area is 128 Å². The monoisotopic (exact) mass is 298 g/mol. The van der Waals surface area contributed by atoms with E-state index in [-0.39, 0.29) is 0 Å². The fourth-order valence-corrected chi connectivity index (χ4v) is 3.52. The Morgan fingerprint density at radius 2 is 2.14 bits per heavy atom. The minimum absolute atomic E-state index is 0.362. The van der Waals surface area contributed by atoms with Crippen molar-refractivity contribution < 1.29 is 9.15 Å². The highest BCUT2D eigenvalue weighted by molar-refractivity contribution is 5.76. The van der Waals surface area contributed by atoms with Crippen LogP contribution in [0.1, 0.15) is 41.5 Å². The van der Waals surface area contributed by atoms with Gasteiger partial charge in [-0.2, -0.15) is 0 Å². The van der Waals surface area contributed by atoms with Gasteiger partial charge in [0.1, 0.15) is 16.8 Å². The molecule has 6 nitrogen and oxygen atoms in total. The molecule has 1 aromatic carbocycles. The van der Waals surface area contributed by atoms with E-state index in [9.17, 15) is 0 Å². The van der Waals surface area contributed by atoms with Crippen molar-refractivity contribution in [3.8, 4) is 0 Å². The van der Waals surface area contributed by atoms with Gasteiger partial charge in [-0.3, -0.25) is 4.90 Å². The van der Waals surface area contributed by atoms with Crippen LogP contribution >= 0.6 is 0 Å². The molecule has 0 bridgehead atoms. The third kappa shape index (κ3) is 2.11. The van der Waals surface area contributed by atoms with E-state index >= 15 is 0 Å². The molecule has 22 heavy (non-hydrogen) atoms. The Balaban J connectivity index is 1.66. The number of nitrogens with zero attached hydrogens (tertiary/aromatic N) is 4. The number of aryl methyl sites for hydroxylation is 2. The van der Waals surface area contributed by atoms with Crippen LogP contribution in [-0.2, 0) is 6.54 Å². The molecular weight excluding hydrogens is 280 g/mol. The lowest BCUT2D eigenvalue weighted by molar-refractivity contribution is 0.246. The zero-order valence-corrected chi connectivity index (χ0v) is 12.7. The van der Waals surface area contributed by atoms with Crippen LogP contribution < -0.4 is 0 Å². The van der Waals surface area contributed by atoms with Crippen molar-refractivity contribution in [3.63, 3.8) is 0 Å². The Morgan fingerprint density at radius 1 is 1.23 bits per heavy atom. The average molecular weight is 298 g/mol. The van der Waals surface area contributed by atoms with Crippen molar-refractivity contribution in [2.75, 3.05) is 6.54 Å². The van der Waals surface area contributed by atoms with Crippen molar-refractivity contribution >= 4 is 11.0 Å². The second-order valence-corrected chi connectivity index (χ2v) is 5.92. The van der Waals surface area contributed by atoms with Crippen LogP contribution in [0.15, 0.2) is 27.4 Å². The van der Waals surface area contributed by atoms with Gasteiger partial charge in [-0.25, -0.2) is 4.63 Å². The SMILES string of the molecule is Cc1noc(C)c1C1CCCN1Cc1cccc2nonc12. The van der Waals surface area contributed by atoms with Gasteiger partial charge in [0, 0.05) is 18.2 Å². The lowest BCUT2D eigenvalue weighted by Crippen LogP contribution is -2.23. The molecule has 0 N–H and O–H groups in total. The highest BCUT2D eigenvalue weighted by Crippen LogP contribution is 2.36. The van der Waals surface area contributed by atoms with E-state index in [0.29, 0.717) is 6.04 Å². The fraction of sp³-hybridized carbons (Fsp3) is 0.438. The van der Waals surface area contributed by atoms with Crippen LogP contribution in [0, 0.1) is 13.8 Å². The Morgan fingerprint density at radius 3 is 2.95 bits per heavy atom. The Kier molecular flexibility index (Phi) is 3.18. The van der Waals surface area contributed by atoms with Gasteiger partial charge >= 0.3 is 0 Å². The van der Waals surface area contributed by atoms with Crippen molar-refractivity contribution in [2.45, 2.75) is 39.3 Å². The lowest BCUT2D eigenvalue weighted by Gasteiger charge is -2.24. The normalized spacial score (nSPS) is 19.3. The summed E-state index contributed by atoms with van der Waals surface area (Å²) < 4.78 is 10.2. The van der Waals surface area contributed by atoms with Gasteiger partial charge < -0.3 is 4.52 Å². The summed E-state index contributed by atoms with van der Waals surface area (Å²) in [4.78, 5) is 2.47. The quantitative estimate of drug-likeness (QED) is 0.740. The maximum atomic E-state index is 5.35. The van der Waals surface area contributed by atoms with E-state index in [4.69, 9.17) is 9.15 Å². The summed E-state index contributed by atoms with van der Waals surface area (Å²) in [7, 11) is 0. The number of hydrogen-bond acceptors (Lipinski definition) is 6. The summed E-state index contributed by atoms with van der Waals surface area (Å²) in [6.07, 6.45) is 2.32.